The quantitative estimate of drug-likeness (QED) is 0.659. The summed E-state index contributed by atoms with van der Waals surface area (Å²) in [6, 6.07) is 8.67. The van der Waals surface area contributed by atoms with Crippen LogP contribution in [0.3, 0.4) is 0 Å². The predicted molar refractivity (Wildman–Crippen MR) is 90.4 cm³/mol. The molecular formula is C20H30O. The third-order valence-electron chi connectivity index (χ3n) is 4.81. The van der Waals surface area contributed by atoms with Gasteiger partial charge in [0.1, 0.15) is 0 Å². The van der Waals surface area contributed by atoms with Gasteiger partial charge in [-0.3, -0.25) is 0 Å². The van der Waals surface area contributed by atoms with Crippen molar-refractivity contribution in [1.82, 2.24) is 0 Å². The molecule has 1 N–H and O–H groups in total. The number of hydrogen-bond donors (Lipinski definition) is 1. The summed E-state index contributed by atoms with van der Waals surface area (Å²) < 4.78 is 0. The van der Waals surface area contributed by atoms with Crippen LogP contribution in [-0.4, -0.2) is 5.11 Å². The van der Waals surface area contributed by atoms with Gasteiger partial charge in [-0.25, -0.2) is 0 Å². The first-order chi connectivity index (χ1) is 10.2. The highest BCUT2D eigenvalue weighted by atomic mass is 16.3. The van der Waals surface area contributed by atoms with Crippen molar-refractivity contribution in [3.63, 3.8) is 0 Å². The molecule has 0 amide bonds. The van der Waals surface area contributed by atoms with Crippen LogP contribution in [0.2, 0.25) is 0 Å². The van der Waals surface area contributed by atoms with Crippen LogP contribution < -0.4 is 0 Å². The lowest BCUT2D eigenvalue weighted by Gasteiger charge is -2.27. The van der Waals surface area contributed by atoms with E-state index in [4.69, 9.17) is 0 Å². The number of hydrogen-bond acceptors (Lipinski definition) is 1. The lowest BCUT2D eigenvalue weighted by molar-refractivity contribution is 0.173. The van der Waals surface area contributed by atoms with Crippen LogP contribution in [0.4, 0.5) is 0 Å². The SMILES string of the molecule is CCCC=C[C@H]1CC[C@H](c2ccc(C(O)CC)cc2)CC1. The minimum atomic E-state index is -0.307. The van der Waals surface area contributed by atoms with E-state index in [9.17, 15) is 5.11 Å². The average Bonchev–Trinajstić information content (AvgIpc) is 2.55. The molecule has 2 rings (SSSR count). The normalized spacial score (nSPS) is 24.3. The van der Waals surface area contributed by atoms with E-state index in [1.807, 2.05) is 6.92 Å². The molecule has 1 nitrogen and oxygen atoms in total. The van der Waals surface area contributed by atoms with E-state index >= 15 is 0 Å². The Bertz CT molecular complexity index is 424. The summed E-state index contributed by atoms with van der Waals surface area (Å²) in [5, 5.41) is 9.86. The number of benzene rings is 1. The molecule has 0 heterocycles. The topological polar surface area (TPSA) is 20.2 Å². The summed E-state index contributed by atoms with van der Waals surface area (Å²) in [5.74, 6) is 1.52. The molecular weight excluding hydrogens is 256 g/mol. The molecule has 1 unspecified atom stereocenters. The lowest BCUT2D eigenvalue weighted by atomic mass is 9.78. The number of rotatable bonds is 6. The largest absolute Gasteiger partial charge is 0.388 e. The van der Waals surface area contributed by atoms with E-state index in [-0.39, 0.29) is 6.10 Å². The molecule has 116 valence electrons. The second-order valence-corrected chi connectivity index (χ2v) is 6.42. The van der Waals surface area contributed by atoms with E-state index in [2.05, 4.69) is 43.3 Å². The monoisotopic (exact) mass is 286 g/mol. The van der Waals surface area contributed by atoms with E-state index < -0.39 is 0 Å². The summed E-state index contributed by atoms with van der Waals surface area (Å²) >= 11 is 0. The number of aliphatic hydroxyl groups excluding tert-OH is 1. The zero-order valence-corrected chi connectivity index (χ0v) is 13.6. The van der Waals surface area contributed by atoms with Gasteiger partial charge in [-0.1, -0.05) is 56.7 Å². The molecule has 1 atom stereocenters. The van der Waals surface area contributed by atoms with Crippen LogP contribution >= 0.6 is 0 Å². The van der Waals surface area contributed by atoms with Crippen LogP contribution in [0.25, 0.3) is 0 Å². The Kier molecular flexibility index (Phi) is 6.50. The van der Waals surface area contributed by atoms with Crippen molar-refractivity contribution in [3.8, 4) is 0 Å². The molecule has 21 heavy (non-hydrogen) atoms. The summed E-state index contributed by atoms with van der Waals surface area (Å²) in [7, 11) is 0. The lowest BCUT2D eigenvalue weighted by Crippen LogP contribution is -2.11. The molecule has 0 bridgehead atoms. The Morgan fingerprint density at radius 3 is 2.33 bits per heavy atom. The fourth-order valence-electron chi connectivity index (χ4n) is 3.33. The number of allylic oxidation sites excluding steroid dienone is 2. The molecule has 0 radical (unpaired) electrons. The maximum atomic E-state index is 9.86. The minimum Gasteiger partial charge on any atom is -0.388 e. The zero-order chi connectivity index (χ0) is 15.1. The van der Waals surface area contributed by atoms with Gasteiger partial charge >= 0.3 is 0 Å². The zero-order valence-electron chi connectivity index (χ0n) is 13.6. The first-order valence-corrected chi connectivity index (χ1v) is 8.69. The van der Waals surface area contributed by atoms with Crippen LogP contribution in [0.1, 0.15) is 81.9 Å². The van der Waals surface area contributed by atoms with Gasteiger partial charge in [-0.2, -0.15) is 0 Å². The maximum absolute atomic E-state index is 9.86. The average molecular weight is 286 g/mol. The third kappa shape index (κ3) is 4.71. The highest BCUT2D eigenvalue weighted by Crippen LogP contribution is 2.36. The van der Waals surface area contributed by atoms with Gasteiger partial charge in [0.15, 0.2) is 0 Å². The van der Waals surface area contributed by atoms with Crippen molar-refractivity contribution in [2.24, 2.45) is 5.92 Å². The Labute approximate surface area is 130 Å². The van der Waals surface area contributed by atoms with Crippen molar-refractivity contribution >= 4 is 0 Å². The van der Waals surface area contributed by atoms with E-state index in [1.165, 1.54) is 44.1 Å². The molecule has 0 saturated heterocycles. The fraction of sp³-hybridized carbons (Fsp3) is 0.600. The van der Waals surface area contributed by atoms with E-state index in [0.717, 1.165) is 17.9 Å². The second-order valence-electron chi connectivity index (χ2n) is 6.42. The Balaban J connectivity index is 1.87. The molecule has 1 aromatic rings. The van der Waals surface area contributed by atoms with Gasteiger partial charge in [0, 0.05) is 0 Å². The molecule has 1 aliphatic rings. The fourth-order valence-corrected chi connectivity index (χ4v) is 3.33. The van der Waals surface area contributed by atoms with Crippen LogP contribution in [0.5, 0.6) is 0 Å². The van der Waals surface area contributed by atoms with Crippen molar-refractivity contribution < 1.29 is 5.11 Å². The second kappa shape index (κ2) is 8.38. The van der Waals surface area contributed by atoms with Gasteiger partial charge in [0.25, 0.3) is 0 Å². The molecule has 1 aromatic carbocycles. The molecule has 0 aliphatic heterocycles. The molecule has 1 fully saturated rings. The third-order valence-corrected chi connectivity index (χ3v) is 4.81. The number of unbranched alkanes of at least 4 members (excludes halogenated alkanes) is 1. The molecule has 1 heteroatoms. The standard InChI is InChI=1S/C20H30O/c1-3-5-6-7-16-8-10-17(11-9-16)18-12-14-19(15-13-18)20(21)4-2/h6-7,12-17,20-21H,3-5,8-11H2,1-2H3/t16-,17-,20?. The molecule has 1 aliphatic carbocycles. The van der Waals surface area contributed by atoms with Gasteiger partial charge in [-0.05, 0) is 61.5 Å². The van der Waals surface area contributed by atoms with Gasteiger partial charge < -0.3 is 5.11 Å². The first-order valence-electron chi connectivity index (χ1n) is 8.69. The molecule has 0 spiro atoms. The van der Waals surface area contributed by atoms with Gasteiger partial charge in [-0.15, -0.1) is 0 Å². The summed E-state index contributed by atoms with van der Waals surface area (Å²) in [6.07, 6.45) is 13.0. The van der Waals surface area contributed by atoms with Gasteiger partial charge in [0.2, 0.25) is 0 Å². The summed E-state index contributed by atoms with van der Waals surface area (Å²) in [5.41, 5.74) is 2.51. The highest BCUT2D eigenvalue weighted by Gasteiger charge is 2.20. The Morgan fingerprint density at radius 1 is 1.10 bits per heavy atom. The summed E-state index contributed by atoms with van der Waals surface area (Å²) in [6.45, 7) is 4.26. The van der Waals surface area contributed by atoms with Crippen LogP contribution in [0.15, 0.2) is 36.4 Å². The van der Waals surface area contributed by atoms with E-state index in [1.54, 1.807) is 0 Å². The van der Waals surface area contributed by atoms with E-state index in [0.29, 0.717) is 5.92 Å². The number of aliphatic hydroxyl groups is 1. The van der Waals surface area contributed by atoms with Crippen molar-refractivity contribution in [2.45, 2.75) is 70.8 Å². The van der Waals surface area contributed by atoms with Crippen molar-refractivity contribution in [3.05, 3.63) is 47.5 Å². The van der Waals surface area contributed by atoms with Crippen LogP contribution in [0, 0.1) is 5.92 Å². The Morgan fingerprint density at radius 2 is 1.76 bits per heavy atom. The summed E-state index contributed by atoms with van der Waals surface area (Å²) in [4.78, 5) is 0. The molecule has 0 aromatic heterocycles. The highest BCUT2D eigenvalue weighted by molar-refractivity contribution is 5.27. The Hall–Kier alpha value is -1.08. The van der Waals surface area contributed by atoms with Crippen molar-refractivity contribution in [2.75, 3.05) is 0 Å². The van der Waals surface area contributed by atoms with Gasteiger partial charge in [0.05, 0.1) is 6.10 Å². The maximum Gasteiger partial charge on any atom is 0.0787 e. The van der Waals surface area contributed by atoms with Crippen molar-refractivity contribution in [1.29, 1.82) is 0 Å². The first kappa shape index (κ1) is 16.3. The smallest absolute Gasteiger partial charge is 0.0787 e. The minimum absolute atomic E-state index is 0.307. The van der Waals surface area contributed by atoms with Crippen LogP contribution in [-0.2, 0) is 0 Å². The molecule has 1 saturated carbocycles. The predicted octanol–water partition coefficient (Wildman–Crippen LogP) is 5.76.